The average Bonchev–Trinajstić information content (AvgIpc) is 3.15. The van der Waals surface area contributed by atoms with E-state index in [1.165, 1.54) is 7.05 Å². The van der Waals surface area contributed by atoms with Gasteiger partial charge >= 0.3 is 6.03 Å². The van der Waals surface area contributed by atoms with Gasteiger partial charge in [-0.1, -0.05) is 37.3 Å². The molecule has 174 valence electrons. The SMILES string of the molecule is CC/C(=N\N=C(C)c1cc2ccccc2n1C)OCc1c(C)cccc1N(N)C(=O)N(C)N. The second kappa shape index (κ2) is 10.3. The van der Waals surface area contributed by atoms with Gasteiger partial charge in [0, 0.05) is 37.0 Å². The van der Waals surface area contributed by atoms with Crippen LogP contribution in [0.1, 0.15) is 37.1 Å². The minimum absolute atomic E-state index is 0.187. The van der Waals surface area contributed by atoms with Crippen molar-refractivity contribution in [3.8, 4) is 0 Å². The molecule has 0 aliphatic carbocycles. The summed E-state index contributed by atoms with van der Waals surface area (Å²) in [5.74, 6) is 12.0. The fraction of sp³-hybridized carbons (Fsp3) is 0.292. The standard InChI is InChI=1S/C24H31N7O2/c1-6-23(28-27-17(3)22-14-18-11-7-8-12-20(18)29(22)4)33-15-19-16(2)10-9-13-21(19)31(26)24(32)30(5)25/h7-14H,6,15,25-26H2,1-5H3/b27-17?,28-23+. The zero-order chi connectivity index (χ0) is 24.1. The number of carbonyl (C=O) groups is 1. The Balaban J connectivity index is 1.82. The number of rotatable bonds is 6. The number of fused-ring (bicyclic) bond motifs is 1. The fourth-order valence-corrected chi connectivity index (χ4v) is 3.55. The number of nitrogens with zero attached hydrogens (tertiary/aromatic N) is 5. The molecule has 0 fully saturated rings. The van der Waals surface area contributed by atoms with Gasteiger partial charge in [-0.3, -0.25) is 5.01 Å². The molecule has 3 rings (SSSR count). The summed E-state index contributed by atoms with van der Waals surface area (Å²) >= 11 is 0. The molecule has 0 unspecified atom stereocenters. The van der Waals surface area contributed by atoms with E-state index < -0.39 is 6.03 Å². The highest BCUT2D eigenvalue weighted by molar-refractivity contribution is 6.02. The first-order valence-electron chi connectivity index (χ1n) is 10.7. The van der Waals surface area contributed by atoms with Crippen LogP contribution >= 0.6 is 0 Å². The molecular formula is C24H31N7O2. The lowest BCUT2D eigenvalue weighted by molar-refractivity contribution is 0.216. The molecule has 4 N–H and O–H groups in total. The molecule has 0 spiro atoms. The van der Waals surface area contributed by atoms with Crippen molar-refractivity contribution in [1.29, 1.82) is 0 Å². The van der Waals surface area contributed by atoms with Gasteiger partial charge in [-0.2, -0.15) is 5.10 Å². The van der Waals surface area contributed by atoms with Crippen molar-refractivity contribution in [2.24, 2.45) is 28.9 Å². The molecule has 0 bridgehead atoms. The molecule has 1 heterocycles. The molecule has 0 saturated carbocycles. The smallest absolute Gasteiger partial charge is 0.352 e. The topological polar surface area (TPSA) is 114 Å². The van der Waals surface area contributed by atoms with Gasteiger partial charge in [0.05, 0.1) is 17.1 Å². The van der Waals surface area contributed by atoms with Gasteiger partial charge in [0.1, 0.15) is 6.61 Å². The number of aryl methyl sites for hydroxylation is 2. The molecule has 0 aliphatic heterocycles. The van der Waals surface area contributed by atoms with Gasteiger partial charge in [0.15, 0.2) is 0 Å². The van der Waals surface area contributed by atoms with E-state index in [2.05, 4.69) is 33.0 Å². The molecule has 1 aromatic heterocycles. The highest BCUT2D eigenvalue weighted by atomic mass is 16.5. The van der Waals surface area contributed by atoms with Gasteiger partial charge in [-0.15, -0.1) is 5.10 Å². The third-order valence-corrected chi connectivity index (χ3v) is 5.47. The van der Waals surface area contributed by atoms with Crippen LogP contribution in [-0.2, 0) is 18.4 Å². The van der Waals surface area contributed by atoms with E-state index in [9.17, 15) is 4.79 Å². The Labute approximate surface area is 193 Å². The van der Waals surface area contributed by atoms with E-state index in [1.54, 1.807) is 6.07 Å². The monoisotopic (exact) mass is 449 g/mol. The minimum Gasteiger partial charge on any atom is -0.475 e. The highest BCUT2D eigenvalue weighted by Crippen LogP contribution is 2.24. The summed E-state index contributed by atoms with van der Waals surface area (Å²) in [5.41, 5.74) is 5.12. The Kier molecular flexibility index (Phi) is 7.47. The van der Waals surface area contributed by atoms with E-state index in [-0.39, 0.29) is 6.61 Å². The maximum absolute atomic E-state index is 12.2. The molecular weight excluding hydrogens is 418 g/mol. The maximum atomic E-state index is 12.2. The third-order valence-electron chi connectivity index (χ3n) is 5.47. The van der Waals surface area contributed by atoms with Crippen molar-refractivity contribution < 1.29 is 9.53 Å². The molecule has 33 heavy (non-hydrogen) atoms. The summed E-state index contributed by atoms with van der Waals surface area (Å²) < 4.78 is 8.06. The van der Waals surface area contributed by atoms with Gasteiger partial charge in [-0.05, 0) is 37.6 Å². The second-order valence-corrected chi connectivity index (χ2v) is 7.80. The predicted octanol–water partition coefficient (Wildman–Crippen LogP) is 3.84. The summed E-state index contributed by atoms with van der Waals surface area (Å²) in [7, 11) is 3.45. The number of hydrogen-bond acceptors (Lipinski definition) is 6. The maximum Gasteiger partial charge on any atom is 0.352 e. The van der Waals surface area contributed by atoms with Crippen molar-refractivity contribution in [2.75, 3.05) is 12.1 Å². The van der Waals surface area contributed by atoms with E-state index in [4.69, 9.17) is 16.4 Å². The Morgan fingerprint density at radius 1 is 1.12 bits per heavy atom. The molecule has 0 atom stereocenters. The Bertz CT molecular complexity index is 1210. The number of anilines is 1. The van der Waals surface area contributed by atoms with Gasteiger partial charge in [0.25, 0.3) is 0 Å². The normalized spacial score (nSPS) is 12.2. The summed E-state index contributed by atoms with van der Waals surface area (Å²) in [6, 6.07) is 15.2. The Hall–Kier alpha value is -3.69. The van der Waals surface area contributed by atoms with Crippen molar-refractivity contribution in [1.82, 2.24) is 9.58 Å². The third kappa shape index (κ3) is 5.21. The Morgan fingerprint density at radius 2 is 1.85 bits per heavy atom. The first kappa shape index (κ1) is 24.0. The lowest BCUT2D eigenvalue weighted by Crippen LogP contribution is -2.49. The number of hydrogen-bond donors (Lipinski definition) is 2. The average molecular weight is 450 g/mol. The molecule has 9 heteroatoms. The van der Waals surface area contributed by atoms with Crippen LogP contribution in [0.5, 0.6) is 0 Å². The summed E-state index contributed by atoms with van der Waals surface area (Å²) in [6.07, 6.45) is 0.559. The quantitative estimate of drug-likeness (QED) is 0.196. The van der Waals surface area contributed by atoms with Crippen LogP contribution in [0, 0.1) is 6.92 Å². The number of para-hydroxylation sites is 1. The van der Waals surface area contributed by atoms with Gasteiger partial charge in [-0.25, -0.2) is 21.5 Å². The summed E-state index contributed by atoms with van der Waals surface area (Å²) in [5, 5.41) is 11.8. The van der Waals surface area contributed by atoms with Crippen molar-refractivity contribution >= 4 is 34.2 Å². The molecule has 2 aromatic carbocycles. The molecule has 0 saturated heterocycles. The Morgan fingerprint density at radius 3 is 2.52 bits per heavy atom. The molecule has 9 nitrogen and oxygen atoms in total. The van der Waals surface area contributed by atoms with Crippen LogP contribution in [0.25, 0.3) is 10.9 Å². The van der Waals surface area contributed by atoms with Crippen LogP contribution in [0.3, 0.4) is 0 Å². The molecule has 3 aromatic rings. The molecule has 0 aliphatic rings. The van der Waals surface area contributed by atoms with E-state index >= 15 is 0 Å². The predicted molar refractivity (Wildman–Crippen MR) is 133 cm³/mol. The van der Waals surface area contributed by atoms with Crippen molar-refractivity contribution in [3.63, 3.8) is 0 Å². The number of hydrazine groups is 2. The number of urea groups is 1. The number of benzene rings is 2. The lowest BCUT2D eigenvalue weighted by atomic mass is 10.1. The molecule has 2 amide bonds. The number of carbonyl (C=O) groups excluding carboxylic acids is 1. The highest BCUT2D eigenvalue weighted by Gasteiger charge is 2.19. The summed E-state index contributed by atoms with van der Waals surface area (Å²) in [4.78, 5) is 12.2. The van der Waals surface area contributed by atoms with E-state index in [1.807, 2.05) is 52.1 Å². The van der Waals surface area contributed by atoms with Crippen LogP contribution in [0.4, 0.5) is 10.5 Å². The van der Waals surface area contributed by atoms with Crippen LogP contribution in [-0.4, -0.2) is 34.3 Å². The van der Waals surface area contributed by atoms with E-state index in [0.717, 1.165) is 43.5 Å². The number of ether oxygens (including phenoxy) is 1. The molecule has 0 radical (unpaired) electrons. The fourth-order valence-electron chi connectivity index (χ4n) is 3.55. The number of nitrogens with two attached hydrogens (primary N) is 2. The zero-order valence-corrected chi connectivity index (χ0v) is 19.7. The number of aromatic nitrogens is 1. The van der Waals surface area contributed by atoms with Crippen molar-refractivity contribution in [2.45, 2.75) is 33.8 Å². The van der Waals surface area contributed by atoms with E-state index in [0.29, 0.717) is 18.0 Å². The summed E-state index contributed by atoms with van der Waals surface area (Å²) in [6.45, 7) is 5.98. The first-order valence-corrected chi connectivity index (χ1v) is 10.7. The lowest BCUT2D eigenvalue weighted by Gasteiger charge is -2.24. The van der Waals surface area contributed by atoms with Crippen LogP contribution < -0.4 is 16.7 Å². The van der Waals surface area contributed by atoms with Crippen LogP contribution in [0.15, 0.2) is 58.7 Å². The largest absolute Gasteiger partial charge is 0.475 e. The van der Waals surface area contributed by atoms with Crippen molar-refractivity contribution in [3.05, 3.63) is 65.4 Å². The van der Waals surface area contributed by atoms with Crippen LogP contribution in [0.2, 0.25) is 0 Å². The van der Waals surface area contributed by atoms with Gasteiger partial charge < -0.3 is 9.30 Å². The first-order chi connectivity index (χ1) is 15.7. The zero-order valence-electron chi connectivity index (χ0n) is 19.7. The minimum atomic E-state index is -0.540. The number of amides is 2. The second-order valence-electron chi connectivity index (χ2n) is 7.80. The van der Waals surface area contributed by atoms with Gasteiger partial charge in [0.2, 0.25) is 5.90 Å².